The monoisotopic (exact) mass is 175 g/mol. The predicted molar refractivity (Wildman–Crippen MR) is 43.8 cm³/mol. The van der Waals surface area contributed by atoms with Gasteiger partial charge in [-0.2, -0.15) is 5.26 Å². The highest BCUT2D eigenvalue weighted by atomic mass is 32.2. The van der Waals surface area contributed by atoms with Gasteiger partial charge in [0.2, 0.25) is 0 Å². The molecule has 11 heavy (non-hydrogen) atoms. The van der Waals surface area contributed by atoms with Crippen LogP contribution in [0.15, 0.2) is 0 Å². The van der Waals surface area contributed by atoms with Crippen molar-refractivity contribution in [3.8, 4) is 6.07 Å². The fourth-order valence-corrected chi connectivity index (χ4v) is 2.17. The molecule has 4 heteroatoms. The number of nitriles is 1. The van der Waals surface area contributed by atoms with Crippen molar-refractivity contribution in [2.75, 3.05) is 5.75 Å². The molecule has 1 unspecified atom stereocenters. The first-order valence-electron chi connectivity index (χ1n) is 3.67. The molecule has 0 N–H and O–H groups in total. The number of hydrogen-bond acceptors (Lipinski definition) is 3. The molecule has 64 valence electrons. The largest absolute Gasteiger partial charge is 0.229 e. The summed E-state index contributed by atoms with van der Waals surface area (Å²) >= 11 is 0. The highest BCUT2D eigenvalue weighted by molar-refractivity contribution is 7.92. The molecule has 0 rings (SSSR count). The van der Waals surface area contributed by atoms with Crippen LogP contribution in [0.1, 0.15) is 26.7 Å². The van der Waals surface area contributed by atoms with Crippen LogP contribution in [0.2, 0.25) is 0 Å². The van der Waals surface area contributed by atoms with Crippen molar-refractivity contribution in [2.45, 2.75) is 31.9 Å². The van der Waals surface area contributed by atoms with Crippen LogP contribution in [0.3, 0.4) is 0 Å². The van der Waals surface area contributed by atoms with E-state index in [0.717, 1.165) is 0 Å². The van der Waals surface area contributed by atoms with Gasteiger partial charge in [-0.1, -0.05) is 13.8 Å². The smallest absolute Gasteiger partial charge is 0.153 e. The maximum absolute atomic E-state index is 11.2. The molecule has 0 saturated heterocycles. The van der Waals surface area contributed by atoms with Crippen LogP contribution in [-0.2, 0) is 9.84 Å². The van der Waals surface area contributed by atoms with Gasteiger partial charge >= 0.3 is 0 Å². The Morgan fingerprint density at radius 2 is 2.00 bits per heavy atom. The normalized spacial score (nSPS) is 13.9. The first-order valence-corrected chi connectivity index (χ1v) is 5.38. The van der Waals surface area contributed by atoms with E-state index in [4.69, 9.17) is 5.26 Å². The van der Waals surface area contributed by atoms with Gasteiger partial charge in [0.05, 0.1) is 17.7 Å². The summed E-state index contributed by atoms with van der Waals surface area (Å²) in [7, 11) is -3.00. The first-order chi connectivity index (χ1) is 5.08. The second-order valence-corrected chi connectivity index (χ2v) is 4.91. The molecule has 0 aromatic heterocycles. The van der Waals surface area contributed by atoms with Crippen molar-refractivity contribution in [1.29, 1.82) is 5.26 Å². The van der Waals surface area contributed by atoms with Gasteiger partial charge in [0.15, 0.2) is 9.84 Å². The molecule has 0 heterocycles. The van der Waals surface area contributed by atoms with E-state index in [2.05, 4.69) is 0 Å². The first kappa shape index (κ1) is 10.4. The standard InChI is InChI=1S/C7H13NO2S/c1-3-7(5-6-8)11(9,10)4-2/h7H,3-5H2,1-2H3. The van der Waals surface area contributed by atoms with Gasteiger partial charge in [0, 0.05) is 5.75 Å². The third-order valence-corrected chi connectivity index (χ3v) is 4.01. The molecule has 0 amide bonds. The van der Waals surface area contributed by atoms with Crippen LogP contribution in [-0.4, -0.2) is 19.4 Å². The maximum atomic E-state index is 11.2. The van der Waals surface area contributed by atoms with E-state index in [0.29, 0.717) is 6.42 Å². The third-order valence-electron chi connectivity index (χ3n) is 1.68. The quantitative estimate of drug-likeness (QED) is 0.643. The lowest BCUT2D eigenvalue weighted by Gasteiger charge is -2.09. The third kappa shape index (κ3) is 2.89. The molecular formula is C7H13NO2S. The highest BCUT2D eigenvalue weighted by Crippen LogP contribution is 2.09. The molecule has 0 spiro atoms. The fourth-order valence-electron chi connectivity index (χ4n) is 0.863. The Morgan fingerprint density at radius 3 is 2.27 bits per heavy atom. The Morgan fingerprint density at radius 1 is 1.45 bits per heavy atom. The predicted octanol–water partition coefficient (Wildman–Crippen LogP) is 1.11. The topological polar surface area (TPSA) is 57.9 Å². The van der Waals surface area contributed by atoms with Crippen molar-refractivity contribution in [2.24, 2.45) is 0 Å². The average Bonchev–Trinajstić information content (AvgIpc) is 2.00. The van der Waals surface area contributed by atoms with Gasteiger partial charge in [-0.25, -0.2) is 8.42 Å². The summed E-state index contributed by atoms with van der Waals surface area (Å²) < 4.78 is 22.3. The van der Waals surface area contributed by atoms with Crippen LogP contribution in [0.5, 0.6) is 0 Å². The molecule has 0 saturated carbocycles. The zero-order valence-electron chi connectivity index (χ0n) is 6.87. The molecule has 1 atom stereocenters. The lowest BCUT2D eigenvalue weighted by molar-refractivity contribution is 0.577. The molecular weight excluding hydrogens is 162 g/mol. The van der Waals surface area contributed by atoms with Crippen molar-refractivity contribution in [3.63, 3.8) is 0 Å². The summed E-state index contributed by atoms with van der Waals surface area (Å²) in [5.74, 6) is 0.132. The minimum atomic E-state index is -3.00. The van der Waals surface area contributed by atoms with E-state index < -0.39 is 15.1 Å². The number of hydrogen-bond donors (Lipinski definition) is 0. The second kappa shape index (κ2) is 4.35. The molecule has 0 fully saturated rings. The number of nitrogens with zero attached hydrogens (tertiary/aromatic N) is 1. The number of rotatable bonds is 4. The summed E-state index contributed by atoms with van der Waals surface area (Å²) in [5, 5.41) is 7.85. The Bertz CT molecular complexity index is 238. The summed E-state index contributed by atoms with van der Waals surface area (Å²) in [5.41, 5.74) is 0. The molecule has 0 aromatic rings. The molecule has 0 bridgehead atoms. The van der Waals surface area contributed by atoms with Crippen molar-refractivity contribution in [1.82, 2.24) is 0 Å². The van der Waals surface area contributed by atoms with Gasteiger partial charge in [0.25, 0.3) is 0 Å². The zero-order valence-corrected chi connectivity index (χ0v) is 7.69. The minimum Gasteiger partial charge on any atom is -0.229 e. The summed E-state index contributed by atoms with van der Waals surface area (Å²) in [4.78, 5) is 0. The molecule has 0 aliphatic carbocycles. The lowest BCUT2D eigenvalue weighted by atomic mass is 10.3. The van der Waals surface area contributed by atoms with E-state index in [1.54, 1.807) is 13.8 Å². The molecule has 0 radical (unpaired) electrons. The average molecular weight is 175 g/mol. The Balaban J connectivity index is 4.40. The van der Waals surface area contributed by atoms with Gasteiger partial charge in [-0.3, -0.25) is 0 Å². The summed E-state index contributed by atoms with van der Waals surface area (Å²) in [6.07, 6.45) is 0.649. The van der Waals surface area contributed by atoms with E-state index in [1.165, 1.54) is 0 Å². The summed E-state index contributed by atoms with van der Waals surface area (Å²) in [6.45, 7) is 3.39. The lowest BCUT2D eigenvalue weighted by Crippen LogP contribution is -2.21. The van der Waals surface area contributed by atoms with Crippen LogP contribution in [0.25, 0.3) is 0 Å². The molecule has 0 aliphatic rings. The van der Waals surface area contributed by atoms with Crippen LogP contribution < -0.4 is 0 Å². The zero-order chi connectivity index (χ0) is 8.91. The van der Waals surface area contributed by atoms with Gasteiger partial charge < -0.3 is 0 Å². The van der Waals surface area contributed by atoms with Gasteiger partial charge in [-0.05, 0) is 6.42 Å². The van der Waals surface area contributed by atoms with Crippen LogP contribution in [0, 0.1) is 11.3 Å². The Labute approximate surface area is 67.9 Å². The van der Waals surface area contributed by atoms with Gasteiger partial charge in [-0.15, -0.1) is 0 Å². The van der Waals surface area contributed by atoms with Crippen LogP contribution in [0.4, 0.5) is 0 Å². The van der Waals surface area contributed by atoms with Crippen molar-refractivity contribution >= 4 is 9.84 Å². The molecule has 0 aromatic carbocycles. The summed E-state index contributed by atoms with van der Waals surface area (Å²) in [6, 6.07) is 1.88. The second-order valence-electron chi connectivity index (χ2n) is 2.34. The van der Waals surface area contributed by atoms with E-state index >= 15 is 0 Å². The molecule has 0 aliphatic heterocycles. The highest BCUT2D eigenvalue weighted by Gasteiger charge is 2.20. The van der Waals surface area contributed by atoms with Gasteiger partial charge in [0.1, 0.15) is 0 Å². The number of sulfone groups is 1. The van der Waals surface area contributed by atoms with Crippen LogP contribution >= 0.6 is 0 Å². The van der Waals surface area contributed by atoms with E-state index in [1.807, 2.05) is 6.07 Å². The van der Waals surface area contributed by atoms with Crippen molar-refractivity contribution < 1.29 is 8.42 Å². The Hall–Kier alpha value is -0.560. The maximum Gasteiger partial charge on any atom is 0.153 e. The SMILES string of the molecule is CCC(CC#N)S(=O)(=O)CC. The fraction of sp³-hybridized carbons (Fsp3) is 0.857. The van der Waals surface area contributed by atoms with E-state index in [-0.39, 0.29) is 12.2 Å². The Kier molecular flexibility index (Phi) is 4.12. The van der Waals surface area contributed by atoms with Crippen molar-refractivity contribution in [3.05, 3.63) is 0 Å². The molecule has 3 nitrogen and oxygen atoms in total. The van der Waals surface area contributed by atoms with E-state index in [9.17, 15) is 8.42 Å². The minimum absolute atomic E-state index is 0.118.